The summed E-state index contributed by atoms with van der Waals surface area (Å²) < 4.78 is 4.83. The molecule has 1 heterocycles. The molecule has 0 fully saturated rings. The van der Waals surface area contributed by atoms with Crippen molar-refractivity contribution in [2.24, 2.45) is 5.92 Å². The number of rotatable bonds is 5. The first-order chi connectivity index (χ1) is 7.56. The third-order valence-corrected chi connectivity index (χ3v) is 3.41. The Kier molecular flexibility index (Phi) is 4.96. The summed E-state index contributed by atoms with van der Waals surface area (Å²) in [7, 11) is 1.43. The van der Waals surface area contributed by atoms with Crippen LogP contribution in [0.15, 0.2) is 11.4 Å². The van der Waals surface area contributed by atoms with Crippen LogP contribution in [0, 0.1) is 12.8 Å². The first kappa shape index (κ1) is 13.2. The highest BCUT2D eigenvalue weighted by Gasteiger charge is 2.23. The van der Waals surface area contributed by atoms with Gasteiger partial charge >= 0.3 is 5.97 Å². The van der Waals surface area contributed by atoms with Gasteiger partial charge in [0.25, 0.3) is 0 Å². The first-order valence-corrected chi connectivity index (χ1v) is 6.29. The lowest BCUT2D eigenvalue weighted by Gasteiger charge is -2.17. The molecule has 1 rings (SSSR count). The molecule has 16 heavy (non-hydrogen) atoms. The SMILES string of the molecule is COC(=O)C(NCC(C)C)c1sccc1C. The number of ether oxygens (including phenoxy) is 1. The van der Waals surface area contributed by atoms with Crippen LogP contribution in [-0.4, -0.2) is 19.6 Å². The fourth-order valence-electron chi connectivity index (χ4n) is 1.43. The van der Waals surface area contributed by atoms with E-state index in [0.717, 1.165) is 17.0 Å². The lowest BCUT2D eigenvalue weighted by Crippen LogP contribution is -2.32. The number of thiophene rings is 1. The van der Waals surface area contributed by atoms with Gasteiger partial charge < -0.3 is 4.74 Å². The predicted octanol–water partition coefficient (Wildman–Crippen LogP) is 2.52. The zero-order chi connectivity index (χ0) is 12.1. The van der Waals surface area contributed by atoms with Crippen LogP contribution in [0.25, 0.3) is 0 Å². The lowest BCUT2D eigenvalue weighted by atomic mass is 10.1. The van der Waals surface area contributed by atoms with Crippen molar-refractivity contribution >= 4 is 17.3 Å². The normalized spacial score (nSPS) is 12.8. The molecule has 1 atom stereocenters. The van der Waals surface area contributed by atoms with Gasteiger partial charge in [0.05, 0.1) is 7.11 Å². The number of hydrogen-bond donors (Lipinski definition) is 1. The molecule has 0 amide bonds. The zero-order valence-electron chi connectivity index (χ0n) is 10.2. The number of nitrogens with one attached hydrogen (secondary N) is 1. The highest BCUT2D eigenvalue weighted by Crippen LogP contribution is 2.24. The van der Waals surface area contributed by atoms with E-state index in [9.17, 15) is 4.79 Å². The molecule has 1 N–H and O–H groups in total. The molecule has 0 aromatic carbocycles. The molecule has 1 aromatic heterocycles. The maximum absolute atomic E-state index is 11.7. The smallest absolute Gasteiger partial charge is 0.328 e. The minimum absolute atomic E-state index is 0.216. The summed E-state index contributed by atoms with van der Waals surface area (Å²) in [6, 6.07) is 1.69. The van der Waals surface area contributed by atoms with Crippen molar-refractivity contribution in [1.82, 2.24) is 5.32 Å². The third-order valence-electron chi connectivity index (χ3n) is 2.33. The van der Waals surface area contributed by atoms with Crippen molar-refractivity contribution in [3.8, 4) is 0 Å². The monoisotopic (exact) mass is 241 g/mol. The van der Waals surface area contributed by atoms with E-state index in [-0.39, 0.29) is 12.0 Å². The number of carbonyl (C=O) groups excluding carboxylic acids is 1. The molecule has 0 aliphatic heterocycles. The average Bonchev–Trinajstić information content (AvgIpc) is 2.64. The van der Waals surface area contributed by atoms with Crippen molar-refractivity contribution in [2.45, 2.75) is 26.8 Å². The van der Waals surface area contributed by atoms with Gasteiger partial charge in [-0.25, -0.2) is 4.79 Å². The van der Waals surface area contributed by atoms with Crippen LogP contribution >= 0.6 is 11.3 Å². The van der Waals surface area contributed by atoms with Gasteiger partial charge in [0.15, 0.2) is 0 Å². The van der Waals surface area contributed by atoms with Crippen molar-refractivity contribution < 1.29 is 9.53 Å². The van der Waals surface area contributed by atoms with E-state index < -0.39 is 0 Å². The number of aryl methyl sites for hydroxylation is 1. The molecule has 0 aliphatic rings. The fraction of sp³-hybridized carbons (Fsp3) is 0.583. The van der Waals surface area contributed by atoms with Crippen LogP contribution in [0.4, 0.5) is 0 Å². The molecule has 90 valence electrons. The summed E-state index contributed by atoms with van der Waals surface area (Å²) in [5.41, 5.74) is 1.14. The molecule has 0 bridgehead atoms. The van der Waals surface area contributed by atoms with E-state index in [1.54, 1.807) is 11.3 Å². The van der Waals surface area contributed by atoms with Gasteiger partial charge in [0.1, 0.15) is 6.04 Å². The maximum atomic E-state index is 11.7. The second kappa shape index (κ2) is 6.01. The third kappa shape index (κ3) is 3.32. The standard InChI is InChI=1S/C12H19NO2S/c1-8(2)7-13-10(12(14)15-4)11-9(3)5-6-16-11/h5-6,8,10,13H,7H2,1-4H3. The Labute approximate surface area is 101 Å². The number of hydrogen-bond acceptors (Lipinski definition) is 4. The van der Waals surface area contributed by atoms with Gasteiger partial charge in [-0.15, -0.1) is 11.3 Å². The van der Waals surface area contributed by atoms with E-state index in [0.29, 0.717) is 5.92 Å². The molecule has 0 aliphatic carbocycles. The van der Waals surface area contributed by atoms with E-state index in [1.165, 1.54) is 7.11 Å². The van der Waals surface area contributed by atoms with Gasteiger partial charge in [-0.2, -0.15) is 0 Å². The van der Waals surface area contributed by atoms with Crippen LogP contribution in [-0.2, 0) is 9.53 Å². The van der Waals surface area contributed by atoms with Crippen LogP contribution < -0.4 is 5.32 Å². The largest absolute Gasteiger partial charge is 0.468 e. The van der Waals surface area contributed by atoms with Gasteiger partial charge in [0, 0.05) is 4.88 Å². The number of methoxy groups -OCH3 is 1. The highest BCUT2D eigenvalue weighted by molar-refractivity contribution is 7.10. The van der Waals surface area contributed by atoms with Gasteiger partial charge in [0.2, 0.25) is 0 Å². The Balaban J connectivity index is 2.80. The highest BCUT2D eigenvalue weighted by atomic mass is 32.1. The molecular weight excluding hydrogens is 222 g/mol. The van der Waals surface area contributed by atoms with Gasteiger partial charge in [-0.3, -0.25) is 5.32 Å². The van der Waals surface area contributed by atoms with Crippen molar-refractivity contribution in [3.63, 3.8) is 0 Å². The Morgan fingerprint density at radius 3 is 2.69 bits per heavy atom. The summed E-state index contributed by atoms with van der Waals surface area (Å²) in [5, 5.41) is 5.25. The van der Waals surface area contributed by atoms with Gasteiger partial charge in [-0.1, -0.05) is 13.8 Å². The molecule has 0 saturated carbocycles. The van der Waals surface area contributed by atoms with E-state index >= 15 is 0 Å². The molecule has 4 heteroatoms. The summed E-state index contributed by atoms with van der Waals surface area (Å²) >= 11 is 1.59. The van der Waals surface area contributed by atoms with Gasteiger partial charge in [-0.05, 0) is 36.4 Å². The number of esters is 1. The van der Waals surface area contributed by atoms with Crippen LogP contribution in [0.5, 0.6) is 0 Å². The molecule has 0 radical (unpaired) electrons. The predicted molar refractivity (Wildman–Crippen MR) is 66.7 cm³/mol. The topological polar surface area (TPSA) is 38.3 Å². The van der Waals surface area contributed by atoms with E-state index in [2.05, 4.69) is 19.2 Å². The minimum Gasteiger partial charge on any atom is -0.468 e. The van der Waals surface area contributed by atoms with E-state index in [1.807, 2.05) is 18.4 Å². The Hall–Kier alpha value is -0.870. The minimum atomic E-state index is -0.326. The second-order valence-electron chi connectivity index (χ2n) is 4.23. The van der Waals surface area contributed by atoms with Crippen molar-refractivity contribution in [2.75, 3.05) is 13.7 Å². The van der Waals surface area contributed by atoms with Crippen LogP contribution in [0.3, 0.4) is 0 Å². The molecule has 0 spiro atoms. The molecular formula is C12H19NO2S. The molecule has 1 unspecified atom stereocenters. The molecule has 1 aromatic rings. The Morgan fingerprint density at radius 2 is 2.25 bits per heavy atom. The average molecular weight is 241 g/mol. The Bertz CT molecular complexity index is 347. The Morgan fingerprint density at radius 1 is 1.56 bits per heavy atom. The summed E-state index contributed by atoms with van der Waals surface area (Å²) in [6.45, 7) is 7.04. The maximum Gasteiger partial charge on any atom is 0.328 e. The molecule has 0 saturated heterocycles. The van der Waals surface area contributed by atoms with Crippen LogP contribution in [0.1, 0.15) is 30.3 Å². The van der Waals surface area contributed by atoms with Crippen molar-refractivity contribution in [1.29, 1.82) is 0 Å². The summed E-state index contributed by atoms with van der Waals surface area (Å²) in [6.07, 6.45) is 0. The fourth-order valence-corrected chi connectivity index (χ4v) is 2.42. The van der Waals surface area contributed by atoms with E-state index in [4.69, 9.17) is 4.74 Å². The molecule has 3 nitrogen and oxygen atoms in total. The number of carbonyl (C=O) groups is 1. The summed E-state index contributed by atoms with van der Waals surface area (Å²) in [5.74, 6) is 0.290. The second-order valence-corrected chi connectivity index (χ2v) is 5.17. The first-order valence-electron chi connectivity index (χ1n) is 5.41. The van der Waals surface area contributed by atoms with Crippen LogP contribution in [0.2, 0.25) is 0 Å². The summed E-state index contributed by atoms with van der Waals surface area (Å²) in [4.78, 5) is 12.7. The lowest BCUT2D eigenvalue weighted by molar-refractivity contribution is -0.143. The van der Waals surface area contributed by atoms with Crippen molar-refractivity contribution in [3.05, 3.63) is 21.9 Å². The quantitative estimate of drug-likeness (QED) is 0.805. The zero-order valence-corrected chi connectivity index (χ0v) is 11.1.